The number of carbonyl (C=O) groups excluding carboxylic acids is 1. The molecule has 5 aromatic carbocycles. The summed E-state index contributed by atoms with van der Waals surface area (Å²) in [6, 6.07) is 33.5. The number of nitrogens with zero attached hydrogens (tertiary/aromatic N) is 4. The number of aromatic nitrogens is 1. The fraction of sp³-hybridized carbons (Fsp3) is 0.327. The van der Waals surface area contributed by atoms with Crippen molar-refractivity contribution >= 4 is 61.1 Å². The molecule has 3 aliphatic rings. The lowest BCUT2D eigenvalue weighted by atomic mass is 9.72. The number of allylic oxidation sites excluding steroid dienone is 1. The summed E-state index contributed by atoms with van der Waals surface area (Å²) in [4.78, 5) is 35.3. The zero-order valence-electron chi connectivity index (χ0n) is 38.2. The molecule has 2 saturated heterocycles. The summed E-state index contributed by atoms with van der Waals surface area (Å²) < 4.78 is 36.3. The second kappa shape index (κ2) is 19.8. The highest BCUT2D eigenvalue weighted by atomic mass is 35.5. The smallest absolute Gasteiger partial charge is 0.293 e. The van der Waals surface area contributed by atoms with E-state index in [2.05, 4.69) is 55.7 Å². The molecule has 6 aromatic rings. The third-order valence-corrected chi connectivity index (χ3v) is 15.0. The maximum absolute atomic E-state index is 14.1. The van der Waals surface area contributed by atoms with Gasteiger partial charge < -0.3 is 25.0 Å². The lowest BCUT2D eigenvalue weighted by molar-refractivity contribution is -0.384. The summed E-state index contributed by atoms with van der Waals surface area (Å²) in [7, 11) is -4.62. The Morgan fingerprint density at radius 3 is 2.44 bits per heavy atom. The van der Waals surface area contributed by atoms with E-state index in [-0.39, 0.29) is 22.4 Å². The molecule has 2 aliphatic heterocycles. The number of nitro groups is 1. The van der Waals surface area contributed by atoms with Crippen LogP contribution in [0.4, 0.5) is 17.1 Å². The van der Waals surface area contributed by atoms with E-state index in [1.807, 2.05) is 66.9 Å². The van der Waals surface area contributed by atoms with Crippen LogP contribution in [0.5, 0.6) is 11.5 Å². The standard InChI is InChI=1S/C52H56ClN7O7S/c1-52(2)21-18-38(44(31-52)36-8-10-39(53)11-9-36)33-57-24-26-59(27-25-57)40-12-15-43(50(29-40)67-41-13-16-45-37(28-41)19-22-54-45)51(62)56-68(65,66)42-14-17-46(48(30-42)60(63)64)55-47-20-23-58(34-49(47)61)32-35-6-4-3-5-7-35/h3-17,19,22,28-30,47,49,54-55,61H,18,20-21,23-27,31-34H2,1-2H3,(H,56,62)/t47-,49-/m1/s1. The fourth-order valence-corrected chi connectivity index (χ4v) is 10.7. The normalized spacial score (nSPS) is 19.2. The van der Waals surface area contributed by atoms with E-state index in [0.717, 1.165) is 85.2 Å². The summed E-state index contributed by atoms with van der Waals surface area (Å²) in [5.74, 6) is -0.370. The summed E-state index contributed by atoms with van der Waals surface area (Å²) in [5, 5.41) is 28.1. The van der Waals surface area contributed by atoms with Crippen LogP contribution in [0.2, 0.25) is 5.02 Å². The van der Waals surface area contributed by atoms with Gasteiger partial charge in [-0.25, -0.2) is 13.1 Å². The molecular weight excluding hydrogens is 902 g/mol. The number of β-amino-alcohol motifs (C(OH)–C–C–N with tert-alkyl or cyclic N) is 1. The average molecular weight is 959 g/mol. The predicted octanol–water partition coefficient (Wildman–Crippen LogP) is 9.47. The second-order valence-electron chi connectivity index (χ2n) is 18.9. The van der Waals surface area contributed by atoms with Gasteiger partial charge in [-0.15, -0.1) is 0 Å². The van der Waals surface area contributed by atoms with Crippen LogP contribution in [0.1, 0.15) is 61.0 Å². The van der Waals surface area contributed by atoms with E-state index < -0.39 is 43.6 Å². The van der Waals surface area contributed by atoms with Crippen LogP contribution < -0.4 is 19.7 Å². The number of aromatic amines is 1. The van der Waals surface area contributed by atoms with Crippen LogP contribution >= 0.6 is 11.6 Å². The van der Waals surface area contributed by atoms with Crippen molar-refractivity contribution in [2.24, 2.45) is 5.41 Å². The number of hydrogen-bond donors (Lipinski definition) is 4. The molecule has 9 rings (SSSR count). The molecule has 0 spiro atoms. The number of sulfonamides is 1. The van der Waals surface area contributed by atoms with Crippen molar-refractivity contribution in [2.75, 3.05) is 56.0 Å². The molecule has 14 nitrogen and oxygen atoms in total. The number of benzene rings is 5. The number of halogens is 1. The Bertz CT molecular complexity index is 2950. The highest BCUT2D eigenvalue weighted by Gasteiger charge is 2.33. The number of likely N-dealkylation sites (tertiary alicyclic amines) is 1. The van der Waals surface area contributed by atoms with E-state index in [9.17, 15) is 28.4 Å². The summed E-state index contributed by atoms with van der Waals surface area (Å²) in [5.41, 5.74) is 6.67. The fourth-order valence-electron chi connectivity index (χ4n) is 9.64. The average Bonchev–Trinajstić information content (AvgIpc) is 3.79. The van der Waals surface area contributed by atoms with Crippen molar-refractivity contribution in [1.29, 1.82) is 0 Å². The quantitative estimate of drug-likeness (QED) is 0.0605. The zero-order valence-corrected chi connectivity index (χ0v) is 39.7. The second-order valence-corrected chi connectivity index (χ2v) is 21.0. The molecule has 16 heteroatoms. The molecule has 1 aromatic heterocycles. The SMILES string of the molecule is CC1(C)CCC(CN2CCN(c3ccc(C(=O)NS(=O)(=O)c4ccc(N[C@@H]5CCN(Cc6ccccc6)C[C@H]5O)c([N+](=O)[O-])c4)c(Oc4ccc5[nH]ccc5c4)c3)CC2)=C(c2ccc(Cl)cc2)C1. The highest BCUT2D eigenvalue weighted by Crippen LogP contribution is 2.43. The summed E-state index contributed by atoms with van der Waals surface area (Å²) in [6.07, 6.45) is 4.67. The first-order chi connectivity index (χ1) is 32.7. The number of piperidine rings is 1. The van der Waals surface area contributed by atoms with Crippen LogP contribution in [0.3, 0.4) is 0 Å². The highest BCUT2D eigenvalue weighted by molar-refractivity contribution is 7.90. The number of ether oxygens (including phenoxy) is 1. The topological polar surface area (TPSA) is 173 Å². The van der Waals surface area contributed by atoms with Crippen LogP contribution in [0, 0.1) is 15.5 Å². The third-order valence-electron chi connectivity index (χ3n) is 13.5. The Kier molecular flexibility index (Phi) is 13.6. The lowest BCUT2D eigenvalue weighted by Crippen LogP contribution is -2.49. The molecule has 2 fully saturated rings. The molecule has 0 radical (unpaired) electrons. The Labute approximate surface area is 401 Å². The number of aliphatic hydroxyl groups excluding tert-OH is 1. The number of anilines is 2. The lowest BCUT2D eigenvalue weighted by Gasteiger charge is -2.39. The Hall–Kier alpha value is -6.23. The predicted molar refractivity (Wildman–Crippen MR) is 267 cm³/mol. The van der Waals surface area contributed by atoms with E-state index >= 15 is 0 Å². The number of nitro benzene ring substituents is 1. The first kappa shape index (κ1) is 46.9. The van der Waals surface area contributed by atoms with Crippen molar-refractivity contribution in [3.05, 3.63) is 159 Å². The maximum Gasteiger partial charge on any atom is 0.293 e. The van der Waals surface area contributed by atoms with Gasteiger partial charge >= 0.3 is 0 Å². The van der Waals surface area contributed by atoms with Crippen LogP contribution in [-0.2, 0) is 16.6 Å². The molecule has 2 atom stereocenters. The minimum absolute atomic E-state index is 0.0348. The molecule has 68 heavy (non-hydrogen) atoms. The van der Waals surface area contributed by atoms with Gasteiger partial charge in [0.1, 0.15) is 17.2 Å². The first-order valence-corrected chi connectivity index (χ1v) is 24.9. The number of carbonyl (C=O) groups is 1. The van der Waals surface area contributed by atoms with Gasteiger partial charge in [0.2, 0.25) is 0 Å². The van der Waals surface area contributed by atoms with Crippen molar-refractivity contribution in [3.8, 4) is 11.5 Å². The third kappa shape index (κ3) is 10.9. The minimum Gasteiger partial charge on any atom is -0.456 e. The number of aliphatic hydroxyl groups is 1. The van der Waals surface area contributed by atoms with E-state index in [1.54, 1.807) is 24.3 Å². The monoisotopic (exact) mass is 957 g/mol. The largest absolute Gasteiger partial charge is 0.456 e. The molecule has 0 saturated carbocycles. The number of hydrogen-bond acceptors (Lipinski definition) is 11. The first-order valence-electron chi connectivity index (χ1n) is 23.1. The molecule has 0 bridgehead atoms. The molecule has 1 amide bonds. The molecule has 3 heterocycles. The number of nitrogens with one attached hydrogen (secondary N) is 3. The number of amides is 1. The van der Waals surface area contributed by atoms with E-state index in [4.69, 9.17) is 16.3 Å². The zero-order chi connectivity index (χ0) is 47.6. The summed E-state index contributed by atoms with van der Waals surface area (Å²) >= 11 is 6.25. The van der Waals surface area contributed by atoms with Crippen LogP contribution in [0.15, 0.2) is 132 Å². The Balaban J connectivity index is 0.906. The van der Waals surface area contributed by atoms with Gasteiger partial charge in [-0.2, -0.15) is 0 Å². The van der Waals surface area contributed by atoms with E-state index in [0.29, 0.717) is 31.8 Å². The van der Waals surface area contributed by atoms with Gasteiger partial charge in [-0.3, -0.25) is 24.7 Å². The molecule has 4 N–H and O–H groups in total. The molecule has 1 aliphatic carbocycles. The van der Waals surface area contributed by atoms with Crippen molar-refractivity contribution < 1.29 is 28.0 Å². The van der Waals surface area contributed by atoms with Gasteiger partial charge in [0, 0.05) is 92.3 Å². The molecule has 0 unspecified atom stereocenters. The van der Waals surface area contributed by atoms with Crippen LogP contribution in [-0.4, -0.2) is 97.1 Å². The van der Waals surface area contributed by atoms with Crippen molar-refractivity contribution in [3.63, 3.8) is 0 Å². The van der Waals surface area contributed by atoms with Gasteiger partial charge in [-0.05, 0) is 108 Å². The van der Waals surface area contributed by atoms with Gasteiger partial charge in [0.25, 0.3) is 21.6 Å². The number of H-pyrrole nitrogens is 1. The number of piperazine rings is 1. The number of rotatable bonds is 14. The Morgan fingerprint density at radius 2 is 1.69 bits per heavy atom. The van der Waals surface area contributed by atoms with Gasteiger partial charge in [-0.1, -0.05) is 73.5 Å². The molecular formula is C52H56ClN7O7S. The van der Waals surface area contributed by atoms with Crippen molar-refractivity contribution in [1.82, 2.24) is 19.5 Å². The van der Waals surface area contributed by atoms with Crippen molar-refractivity contribution in [2.45, 2.75) is 63.1 Å². The maximum atomic E-state index is 14.1. The van der Waals surface area contributed by atoms with Crippen LogP contribution in [0.25, 0.3) is 16.5 Å². The van der Waals surface area contributed by atoms with Gasteiger partial charge in [0.15, 0.2) is 0 Å². The van der Waals surface area contributed by atoms with E-state index in [1.165, 1.54) is 28.8 Å². The molecule has 354 valence electrons. The Morgan fingerprint density at radius 1 is 0.912 bits per heavy atom. The minimum atomic E-state index is -4.62. The number of fused-ring (bicyclic) bond motifs is 1. The van der Waals surface area contributed by atoms with Gasteiger partial charge in [0.05, 0.1) is 27.5 Å². The summed E-state index contributed by atoms with van der Waals surface area (Å²) in [6.45, 7) is 10.3.